The Bertz CT molecular complexity index is 1080. The normalized spacial score (nSPS) is 19.5. The van der Waals surface area contributed by atoms with E-state index in [4.69, 9.17) is 9.47 Å². The van der Waals surface area contributed by atoms with E-state index in [0.29, 0.717) is 6.42 Å². The van der Waals surface area contributed by atoms with Gasteiger partial charge in [-0.1, -0.05) is 289 Å². The van der Waals surface area contributed by atoms with Crippen LogP contribution >= 0.6 is 0 Å². The zero-order chi connectivity index (χ0) is 49.4. The van der Waals surface area contributed by atoms with Gasteiger partial charge in [0.15, 0.2) is 6.29 Å². The predicted octanol–water partition coefficient (Wildman–Crippen LogP) is 14.8. The summed E-state index contributed by atoms with van der Waals surface area (Å²) in [6.45, 7) is 3.80. The highest BCUT2D eigenvalue weighted by atomic mass is 16.7. The van der Waals surface area contributed by atoms with Gasteiger partial charge < -0.3 is 40.3 Å². The Kier molecular flexibility index (Phi) is 47.3. The van der Waals surface area contributed by atoms with Crippen LogP contribution in [0.25, 0.3) is 0 Å². The molecule has 0 aromatic carbocycles. The van der Waals surface area contributed by atoms with Crippen LogP contribution in [0.2, 0.25) is 0 Å². The molecule has 0 aliphatic carbocycles. The van der Waals surface area contributed by atoms with Crippen molar-refractivity contribution in [2.24, 2.45) is 0 Å². The predicted molar refractivity (Wildman–Crippen MR) is 286 cm³/mol. The quantitative estimate of drug-likeness (QED) is 0.0261. The van der Waals surface area contributed by atoms with E-state index in [1.54, 1.807) is 6.08 Å². The van der Waals surface area contributed by atoms with Crippen molar-refractivity contribution in [1.29, 1.82) is 0 Å². The molecule has 0 saturated carbocycles. The monoisotopic (exact) mass is 966 g/mol. The molecule has 1 heterocycles. The van der Waals surface area contributed by atoms with Gasteiger partial charge in [-0.3, -0.25) is 4.79 Å². The topological polar surface area (TPSA) is 149 Å². The summed E-state index contributed by atoms with van der Waals surface area (Å²) in [5.41, 5.74) is 0. The molecule has 2 unspecified atom stereocenters. The van der Waals surface area contributed by atoms with E-state index in [0.717, 1.165) is 38.5 Å². The smallest absolute Gasteiger partial charge is 0.220 e. The average Bonchev–Trinajstić information content (AvgIpc) is 3.34. The van der Waals surface area contributed by atoms with Crippen molar-refractivity contribution in [1.82, 2.24) is 5.32 Å². The van der Waals surface area contributed by atoms with Crippen LogP contribution in [-0.2, 0) is 14.3 Å². The molecule has 7 atom stereocenters. The molecule has 0 aromatic heterocycles. The Morgan fingerprint density at radius 2 is 0.809 bits per heavy atom. The number of amides is 1. The summed E-state index contributed by atoms with van der Waals surface area (Å²) >= 11 is 0. The summed E-state index contributed by atoms with van der Waals surface area (Å²) < 4.78 is 11.2. The van der Waals surface area contributed by atoms with Gasteiger partial charge in [0.2, 0.25) is 5.91 Å². The number of aliphatic hydroxyl groups excluding tert-OH is 5. The summed E-state index contributed by atoms with van der Waals surface area (Å²) in [6.07, 6.45) is 54.5. The molecule has 0 radical (unpaired) electrons. The van der Waals surface area contributed by atoms with Crippen LogP contribution in [0, 0.1) is 0 Å². The lowest BCUT2D eigenvalue weighted by Crippen LogP contribution is -2.60. The molecule has 1 fully saturated rings. The maximum Gasteiger partial charge on any atom is 0.220 e. The lowest BCUT2D eigenvalue weighted by Gasteiger charge is -2.40. The van der Waals surface area contributed by atoms with Gasteiger partial charge in [0.25, 0.3) is 0 Å². The molecule has 6 N–H and O–H groups in total. The molecule has 1 amide bonds. The van der Waals surface area contributed by atoms with Gasteiger partial charge in [0, 0.05) is 6.42 Å². The molecule has 0 bridgehead atoms. The molecule has 9 heteroatoms. The number of carbonyl (C=O) groups excluding carboxylic acids is 1. The van der Waals surface area contributed by atoms with Crippen molar-refractivity contribution in [2.75, 3.05) is 13.2 Å². The number of hydrogen-bond donors (Lipinski definition) is 6. The molecule has 9 nitrogen and oxygen atoms in total. The van der Waals surface area contributed by atoms with Crippen LogP contribution in [0.1, 0.15) is 303 Å². The van der Waals surface area contributed by atoms with E-state index in [1.807, 2.05) is 6.08 Å². The third kappa shape index (κ3) is 38.6. The van der Waals surface area contributed by atoms with Crippen molar-refractivity contribution < 1.29 is 39.8 Å². The fraction of sp³-hybridized carbons (Fsp3) is 0.949. The largest absolute Gasteiger partial charge is 0.394 e. The van der Waals surface area contributed by atoms with Crippen molar-refractivity contribution in [3.8, 4) is 0 Å². The average molecular weight is 967 g/mol. The number of allylic oxidation sites excluding steroid dienone is 1. The maximum absolute atomic E-state index is 13.0. The molecule has 1 aliphatic rings. The summed E-state index contributed by atoms with van der Waals surface area (Å²) in [5.74, 6) is -0.171. The zero-order valence-corrected chi connectivity index (χ0v) is 44.9. The number of aliphatic hydroxyl groups is 5. The maximum atomic E-state index is 13.0. The summed E-state index contributed by atoms with van der Waals surface area (Å²) in [6, 6.07) is -0.799. The summed E-state index contributed by atoms with van der Waals surface area (Å²) in [7, 11) is 0. The van der Waals surface area contributed by atoms with Crippen LogP contribution in [-0.4, -0.2) is 87.5 Å². The van der Waals surface area contributed by atoms with E-state index in [-0.39, 0.29) is 12.5 Å². The highest BCUT2D eigenvalue weighted by Crippen LogP contribution is 2.23. The minimum atomic E-state index is -1.56. The number of rotatable bonds is 52. The van der Waals surface area contributed by atoms with Gasteiger partial charge in [0.1, 0.15) is 24.4 Å². The van der Waals surface area contributed by atoms with Crippen LogP contribution in [0.4, 0.5) is 0 Å². The lowest BCUT2D eigenvalue weighted by molar-refractivity contribution is -0.302. The van der Waals surface area contributed by atoms with Gasteiger partial charge in [-0.2, -0.15) is 0 Å². The first-order valence-electron chi connectivity index (χ1n) is 29.9. The summed E-state index contributed by atoms with van der Waals surface area (Å²) in [4.78, 5) is 13.0. The Hall–Kier alpha value is -1.07. The molecule has 1 saturated heterocycles. The number of hydrogen-bond acceptors (Lipinski definition) is 8. The molecular weight excluding hydrogens is 851 g/mol. The van der Waals surface area contributed by atoms with Gasteiger partial charge in [-0.25, -0.2) is 0 Å². The minimum absolute atomic E-state index is 0.171. The molecule has 0 aromatic rings. The molecule has 1 rings (SSSR count). The Balaban J connectivity index is 2.07. The molecule has 68 heavy (non-hydrogen) atoms. The number of ether oxygens (including phenoxy) is 2. The van der Waals surface area contributed by atoms with E-state index in [9.17, 15) is 30.3 Å². The fourth-order valence-electron chi connectivity index (χ4n) is 9.87. The molecule has 1 aliphatic heterocycles. The first kappa shape index (κ1) is 64.9. The van der Waals surface area contributed by atoms with Crippen LogP contribution in [0.15, 0.2) is 12.2 Å². The van der Waals surface area contributed by atoms with E-state index >= 15 is 0 Å². The second kappa shape index (κ2) is 49.5. The number of nitrogens with one attached hydrogen (secondary N) is 1. The van der Waals surface area contributed by atoms with E-state index in [1.165, 1.54) is 244 Å². The zero-order valence-electron chi connectivity index (χ0n) is 44.9. The van der Waals surface area contributed by atoms with Gasteiger partial charge in [0.05, 0.1) is 25.4 Å². The van der Waals surface area contributed by atoms with Crippen molar-refractivity contribution in [2.45, 2.75) is 346 Å². The minimum Gasteiger partial charge on any atom is -0.394 e. The SMILES string of the molecule is CCCCCCCCCCCC/C=C/[C@@H](O)[C@H](CO[C@@H]1O[C@H](CO)[C@@H](O)C(O)C1O)NC(=O)CCCCCCCCCCCCCCCCCCCCCCCCCCCCCCCCCCC. The Morgan fingerprint density at radius 1 is 0.485 bits per heavy atom. The first-order valence-corrected chi connectivity index (χ1v) is 29.9. The van der Waals surface area contributed by atoms with Crippen molar-refractivity contribution in [3.05, 3.63) is 12.2 Å². The third-order valence-corrected chi connectivity index (χ3v) is 14.6. The fourth-order valence-corrected chi connectivity index (χ4v) is 9.87. The molecule has 0 spiro atoms. The second-order valence-electron chi connectivity index (χ2n) is 21.2. The second-order valence-corrected chi connectivity index (χ2v) is 21.2. The number of unbranched alkanes of at least 4 members (excludes halogenated alkanes) is 42. The molecule has 404 valence electrons. The van der Waals surface area contributed by atoms with Crippen molar-refractivity contribution >= 4 is 5.91 Å². The van der Waals surface area contributed by atoms with Crippen LogP contribution in [0.5, 0.6) is 0 Å². The Morgan fingerprint density at radius 3 is 1.15 bits per heavy atom. The number of carbonyl (C=O) groups is 1. The standard InChI is InChI=1S/C59H115NO8/c1-3-5-7-9-11-13-15-17-18-19-20-21-22-23-24-25-26-27-28-29-30-31-32-33-34-35-36-37-39-41-43-45-47-49-55(63)60-52(51-67-59-58(66)57(65)56(64)54(50-61)68-59)53(62)48-46-44-42-40-38-16-14-12-10-8-6-4-2/h46,48,52-54,56-59,61-62,64-66H,3-45,47,49-51H2,1-2H3,(H,60,63)/b48-46+/t52-,53+,54+,56+,57?,58?,59+/m0/s1. The third-order valence-electron chi connectivity index (χ3n) is 14.6. The Labute approximate surface area is 420 Å². The van der Waals surface area contributed by atoms with Crippen molar-refractivity contribution in [3.63, 3.8) is 0 Å². The first-order chi connectivity index (χ1) is 33.3. The van der Waals surface area contributed by atoms with Crippen LogP contribution < -0.4 is 5.32 Å². The lowest BCUT2D eigenvalue weighted by atomic mass is 9.99. The van der Waals surface area contributed by atoms with Gasteiger partial charge >= 0.3 is 0 Å². The van der Waals surface area contributed by atoms with E-state index in [2.05, 4.69) is 19.2 Å². The summed E-state index contributed by atoms with van der Waals surface area (Å²) in [5, 5.41) is 54.4. The highest BCUT2D eigenvalue weighted by Gasteiger charge is 2.44. The van der Waals surface area contributed by atoms with Gasteiger partial charge in [-0.05, 0) is 19.3 Å². The molecular formula is C59H115NO8. The van der Waals surface area contributed by atoms with Crippen LogP contribution in [0.3, 0.4) is 0 Å². The van der Waals surface area contributed by atoms with E-state index < -0.39 is 49.5 Å². The highest BCUT2D eigenvalue weighted by molar-refractivity contribution is 5.76. The van der Waals surface area contributed by atoms with Gasteiger partial charge in [-0.15, -0.1) is 0 Å².